The lowest BCUT2D eigenvalue weighted by atomic mass is 10.1. The monoisotopic (exact) mass is 406 g/mol. The minimum absolute atomic E-state index is 0.00404. The van der Waals surface area contributed by atoms with E-state index in [4.69, 9.17) is 4.52 Å². The number of benzene rings is 1. The maximum Gasteiger partial charge on any atom is 0.251 e. The van der Waals surface area contributed by atoms with Gasteiger partial charge in [0.15, 0.2) is 5.82 Å². The number of hydrogen-bond donors (Lipinski definition) is 1. The summed E-state index contributed by atoms with van der Waals surface area (Å²) in [6, 6.07) is 6.13. The smallest absolute Gasteiger partial charge is 0.251 e. The van der Waals surface area contributed by atoms with Gasteiger partial charge in [0.2, 0.25) is 15.9 Å². The fraction of sp³-hybridized carbons (Fsp3) is 0.526. The number of carbonyl (C=O) groups is 1. The van der Waals surface area contributed by atoms with Crippen molar-refractivity contribution in [2.75, 3.05) is 13.1 Å². The van der Waals surface area contributed by atoms with Gasteiger partial charge in [0.1, 0.15) is 0 Å². The predicted octanol–water partition coefficient (Wildman–Crippen LogP) is 2.30. The number of piperidine rings is 1. The highest BCUT2D eigenvalue weighted by atomic mass is 32.2. The zero-order valence-electron chi connectivity index (χ0n) is 16.2. The standard InChI is InChI=1S/C19H26N4O4S/c1-14-6-3-4-13-23(14)28(25,26)17-10-8-16(9-11-17)19(24)20-12-5-7-18-21-15(2)22-27-18/h8-11,14H,3-7,12-13H2,1-2H3,(H,20,24). The number of nitrogens with one attached hydrogen (secondary N) is 1. The first-order chi connectivity index (χ1) is 13.4. The largest absolute Gasteiger partial charge is 0.352 e. The number of sulfonamides is 1. The molecule has 0 aliphatic carbocycles. The topological polar surface area (TPSA) is 105 Å². The molecule has 28 heavy (non-hydrogen) atoms. The maximum absolute atomic E-state index is 12.8. The molecule has 1 aliphatic rings. The molecule has 1 aromatic carbocycles. The zero-order valence-corrected chi connectivity index (χ0v) is 17.0. The minimum atomic E-state index is -3.52. The molecule has 3 rings (SSSR count). The summed E-state index contributed by atoms with van der Waals surface area (Å²) in [5.41, 5.74) is 0.430. The number of hydrogen-bond acceptors (Lipinski definition) is 6. The van der Waals surface area contributed by atoms with Gasteiger partial charge in [-0.1, -0.05) is 11.6 Å². The molecular weight excluding hydrogens is 380 g/mol. The molecule has 1 unspecified atom stereocenters. The van der Waals surface area contributed by atoms with Gasteiger partial charge in [-0.25, -0.2) is 8.42 Å². The average molecular weight is 407 g/mol. The molecule has 1 amide bonds. The SMILES string of the molecule is Cc1noc(CCCNC(=O)c2ccc(S(=O)(=O)N3CCCCC3C)cc2)n1. The van der Waals surface area contributed by atoms with Gasteiger partial charge >= 0.3 is 0 Å². The first kappa shape index (κ1) is 20.5. The van der Waals surface area contributed by atoms with Crippen molar-refractivity contribution in [2.24, 2.45) is 0 Å². The van der Waals surface area contributed by atoms with Crippen LogP contribution in [0.2, 0.25) is 0 Å². The third-order valence-corrected chi connectivity index (χ3v) is 6.92. The highest BCUT2D eigenvalue weighted by Crippen LogP contribution is 2.25. The molecule has 152 valence electrons. The van der Waals surface area contributed by atoms with Crippen molar-refractivity contribution in [1.82, 2.24) is 19.8 Å². The van der Waals surface area contributed by atoms with Crippen molar-refractivity contribution in [3.8, 4) is 0 Å². The van der Waals surface area contributed by atoms with Gasteiger partial charge in [-0.15, -0.1) is 0 Å². The number of carbonyl (C=O) groups excluding carboxylic acids is 1. The quantitative estimate of drug-likeness (QED) is 0.708. The predicted molar refractivity (Wildman–Crippen MR) is 103 cm³/mol. The van der Waals surface area contributed by atoms with Gasteiger partial charge in [-0.05, 0) is 57.4 Å². The van der Waals surface area contributed by atoms with Crippen LogP contribution < -0.4 is 5.32 Å². The molecule has 0 bridgehead atoms. The van der Waals surface area contributed by atoms with E-state index in [1.807, 2.05) is 6.92 Å². The average Bonchev–Trinajstić information content (AvgIpc) is 3.10. The first-order valence-corrected chi connectivity index (χ1v) is 11.0. The minimum Gasteiger partial charge on any atom is -0.352 e. The van der Waals surface area contributed by atoms with Gasteiger partial charge in [-0.2, -0.15) is 9.29 Å². The van der Waals surface area contributed by atoms with E-state index < -0.39 is 10.0 Å². The van der Waals surface area contributed by atoms with E-state index in [9.17, 15) is 13.2 Å². The first-order valence-electron chi connectivity index (χ1n) is 9.57. The van der Waals surface area contributed by atoms with Gasteiger partial charge in [0.05, 0.1) is 4.90 Å². The van der Waals surface area contributed by atoms with E-state index in [0.29, 0.717) is 43.2 Å². The molecule has 0 radical (unpaired) electrons. The van der Waals surface area contributed by atoms with Gasteiger partial charge in [0.25, 0.3) is 5.91 Å². The van der Waals surface area contributed by atoms with Crippen molar-refractivity contribution in [2.45, 2.75) is 56.9 Å². The number of amides is 1. The van der Waals surface area contributed by atoms with Crippen molar-refractivity contribution < 1.29 is 17.7 Å². The van der Waals surface area contributed by atoms with Crippen LogP contribution in [0.15, 0.2) is 33.7 Å². The molecule has 0 saturated carbocycles. The molecule has 2 heterocycles. The molecule has 1 N–H and O–H groups in total. The van der Waals surface area contributed by atoms with Crippen LogP contribution in [0.3, 0.4) is 0 Å². The van der Waals surface area contributed by atoms with Gasteiger partial charge in [-0.3, -0.25) is 4.79 Å². The third-order valence-electron chi connectivity index (χ3n) is 4.89. The highest BCUT2D eigenvalue weighted by Gasteiger charge is 2.30. The summed E-state index contributed by atoms with van der Waals surface area (Å²) in [5.74, 6) is 0.901. The molecule has 8 nitrogen and oxygen atoms in total. The second-order valence-corrected chi connectivity index (χ2v) is 8.97. The molecule has 1 saturated heterocycles. The lowest BCUT2D eigenvalue weighted by molar-refractivity contribution is 0.0952. The van der Waals surface area contributed by atoms with E-state index in [1.54, 1.807) is 23.4 Å². The number of rotatable bonds is 7. The highest BCUT2D eigenvalue weighted by molar-refractivity contribution is 7.89. The van der Waals surface area contributed by atoms with E-state index in [2.05, 4.69) is 15.5 Å². The number of nitrogens with zero attached hydrogens (tertiary/aromatic N) is 3. The molecule has 1 aliphatic heterocycles. The van der Waals surface area contributed by atoms with E-state index in [0.717, 1.165) is 19.3 Å². The van der Waals surface area contributed by atoms with Gasteiger partial charge in [0, 0.05) is 31.1 Å². The number of aromatic nitrogens is 2. The normalized spacial score (nSPS) is 18.1. The Kier molecular flexibility index (Phi) is 6.46. The van der Waals surface area contributed by atoms with Crippen LogP contribution >= 0.6 is 0 Å². The van der Waals surface area contributed by atoms with Crippen LogP contribution in [0.5, 0.6) is 0 Å². The summed E-state index contributed by atoms with van der Waals surface area (Å²) in [6.07, 6.45) is 4.08. The van der Waals surface area contributed by atoms with Crippen LogP contribution in [-0.2, 0) is 16.4 Å². The molecule has 9 heteroatoms. The second-order valence-electron chi connectivity index (χ2n) is 7.08. The lowest BCUT2D eigenvalue weighted by Gasteiger charge is -2.32. The van der Waals surface area contributed by atoms with Crippen molar-refractivity contribution in [3.63, 3.8) is 0 Å². The summed E-state index contributed by atoms with van der Waals surface area (Å²) < 4.78 is 32.2. The van der Waals surface area contributed by atoms with E-state index in [-0.39, 0.29) is 16.8 Å². The molecular formula is C19H26N4O4S. The summed E-state index contributed by atoms with van der Waals surface area (Å²) >= 11 is 0. The zero-order chi connectivity index (χ0) is 20.1. The molecule has 1 fully saturated rings. The molecule has 2 aromatic rings. The molecule has 0 spiro atoms. The Bertz CT molecular complexity index is 908. The van der Waals surface area contributed by atoms with Crippen LogP contribution in [0.25, 0.3) is 0 Å². The van der Waals surface area contributed by atoms with Crippen LogP contribution in [-0.4, -0.2) is 47.9 Å². The van der Waals surface area contributed by atoms with Crippen molar-refractivity contribution >= 4 is 15.9 Å². The van der Waals surface area contributed by atoms with Crippen molar-refractivity contribution in [1.29, 1.82) is 0 Å². The van der Waals surface area contributed by atoms with E-state index >= 15 is 0 Å². The summed E-state index contributed by atoms with van der Waals surface area (Å²) in [7, 11) is -3.52. The van der Waals surface area contributed by atoms with Crippen LogP contribution in [0.1, 0.15) is 54.7 Å². The summed E-state index contributed by atoms with van der Waals surface area (Å²) in [6.45, 7) is 4.70. The molecule has 1 aromatic heterocycles. The maximum atomic E-state index is 12.8. The Morgan fingerprint density at radius 1 is 1.29 bits per heavy atom. The lowest BCUT2D eigenvalue weighted by Crippen LogP contribution is -2.41. The Morgan fingerprint density at radius 2 is 2.04 bits per heavy atom. The number of aryl methyl sites for hydroxylation is 2. The third kappa shape index (κ3) is 4.77. The van der Waals surface area contributed by atoms with Crippen LogP contribution in [0, 0.1) is 6.92 Å². The Hall–Kier alpha value is -2.26. The summed E-state index contributed by atoms with van der Waals surface area (Å²) in [4.78, 5) is 16.6. The Labute approximate surface area is 165 Å². The summed E-state index contributed by atoms with van der Waals surface area (Å²) in [5, 5.41) is 6.53. The fourth-order valence-electron chi connectivity index (χ4n) is 3.33. The van der Waals surface area contributed by atoms with Crippen molar-refractivity contribution in [3.05, 3.63) is 41.5 Å². The Balaban J connectivity index is 1.55. The van der Waals surface area contributed by atoms with Gasteiger partial charge < -0.3 is 9.84 Å². The molecule has 1 atom stereocenters. The van der Waals surface area contributed by atoms with Crippen LogP contribution in [0.4, 0.5) is 0 Å². The fourth-order valence-corrected chi connectivity index (χ4v) is 5.03. The van der Waals surface area contributed by atoms with E-state index in [1.165, 1.54) is 12.1 Å². The second kappa shape index (κ2) is 8.83. The Morgan fingerprint density at radius 3 is 2.68 bits per heavy atom.